The maximum atomic E-state index is 10.8. The molecule has 2 rings (SSSR count). The largest absolute Gasteiger partial charge is 0.478 e. The number of carboxylic acid groups (broad SMARTS) is 1. The van der Waals surface area contributed by atoms with E-state index in [4.69, 9.17) is 9.52 Å². The van der Waals surface area contributed by atoms with E-state index in [1.807, 2.05) is 0 Å². The number of hydrogen-bond acceptors (Lipinski definition) is 3. The smallest absolute Gasteiger partial charge is 0.339 e. The number of benzene rings is 1. The molecule has 0 fully saturated rings. The highest BCUT2D eigenvalue weighted by molar-refractivity contribution is 6.02. The van der Waals surface area contributed by atoms with Crippen molar-refractivity contribution in [3.63, 3.8) is 0 Å². The van der Waals surface area contributed by atoms with E-state index in [9.17, 15) is 9.59 Å². The Hall–Kier alpha value is -2.10. The number of carbonyl (C=O) groups excluding carboxylic acids is 1. The van der Waals surface area contributed by atoms with Crippen molar-refractivity contribution in [1.29, 1.82) is 0 Å². The molecule has 1 N–H and O–H groups in total. The van der Waals surface area contributed by atoms with Gasteiger partial charge < -0.3 is 9.52 Å². The van der Waals surface area contributed by atoms with E-state index in [1.165, 1.54) is 12.1 Å². The number of carboxylic acids is 1. The average Bonchev–Trinajstić information content (AvgIpc) is 2.59. The van der Waals surface area contributed by atoms with E-state index in [0.717, 1.165) is 0 Å². The van der Waals surface area contributed by atoms with E-state index < -0.39 is 5.97 Å². The lowest BCUT2D eigenvalue weighted by atomic mass is 10.1. The van der Waals surface area contributed by atoms with Crippen molar-refractivity contribution in [3.8, 4) is 0 Å². The van der Waals surface area contributed by atoms with Crippen LogP contribution in [0.5, 0.6) is 0 Å². The Morgan fingerprint density at radius 3 is 2.86 bits per heavy atom. The van der Waals surface area contributed by atoms with Crippen LogP contribution < -0.4 is 0 Å². The SMILES string of the molecule is O=Cc1cc2cccc(C(=O)O)c2o1. The molecule has 0 saturated carbocycles. The monoisotopic (exact) mass is 190 g/mol. The molecule has 0 saturated heterocycles. The lowest BCUT2D eigenvalue weighted by Crippen LogP contribution is -1.95. The summed E-state index contributed by atoms with van der Waals surface area (Å²) in [5.74, 6) is -0.934. The Balaban J connectivity index is 2.79. The maximum absolute atomic E-state index is 10.8. The molecule has 4 nitrogen and oxygen atoms in total. The van der Waals surface area contributed by atoms with Crippen molar-refractivity contribution in [2.75, 3.05) is 0 Å². The minimum absolute atomic E-state index is 0.0654. The highest BCUT2D eigenvalue weighted by Gasteiger charge is 2.12. The van der Waals surface area contributed by atoms with Crippen molar-refractivity contribution in [2.24, 2.45) is 0 Å². The van der Waals surface area contributed by atoms with Crippen LogP contribution >= 0.6 is 0 Å². The van der Waals surface area contributed by atoms with Crippen LogP contribution in [-0.2, 0) is 0 Å². The van der Waals surface area contributed by atoms with Gasteiger partial charge in [0.25, 0.3) is 0 Å². The van der Waals surface area contributed by atoms with Crippen LogP contribution in [0.4, 0.5) is 0 Å². The number of aldehydes is 1. The van der Waals surface area contributed by atoms with Gasteiger partial charge in [-0.3, -0.25) is 4.79 Å². The summed E-state index contributed by atoms with van der Waals surface area (Å²) in [6.45, 7) is 0. The maximum Gasteiger partial charge on any atom is 0.339 e. The first-order valence-electron chi connectivity index (χ1n) is 3.93. The zero-order valence-electron chi connectivity index (χ0n) is 7.06. The van der Waals surface area contributed by atoms with Gasteiger partial charge in [-0.15, -0.1) is 0 Å². The molecule has 0 aliphatic carbocycles. The van der Waals surface area contributed by atoms with Crippen LogP contribution in [-0.4, -0.2) is 17.4 Å². The zero-order chi connectivity index (χ0) is 10.1. The first kappa shape index (κ1) is 8.50. The van der Waals surface area contributed by atoms with Gasteiger partial charge in [-0.1, -0.05) is 12.1 Å². The molecular formula is C10H6O4. The van der Waals surface area contributed by atoms with Crippen LogP contribution in [0.15, 0.2) is 28.7 Å². The summed E-state index contributed by atoms with van der Waals surface area (Å²) in [7, 11) is 0. The second-order valence-electron chi connectivity index (χ2n) is 2.80. The molecule has 0 radical (unpaired) electrons. The molecule has 2 aromatic rings. The van der Waals surface area contributed by atoms with E-state index in [-0.39, 0.29) is 16.9 Å². The van der Waals surface area contributed by atoms with Crippen LogP contribution in [0.25, 0.3) is 11.0 Å². The number of para-hydroxylation sites is 1. The molecule has 1 heterocycles. The predicted octanol–water partition coefficient (Wildman–Crippen LogP) is 1.94. The third kappa shape index (κ3) is 1.17. The highest BCUT2D eigenvalue weighted by atomic mass is 16.4. The van der Waals surface area contributed by atoms with Crippen LogP contribution in [0.2, 0.25) is 0 Å². The van der Waals surface area contributed by atoms with Crippen molar-refractivity contribution in [1.82, 2.24) is 0 Å². The lowest BCUT2D eigenvalue weighted by molar-refractivity contribution is 0.0697. The average molecular weight is 190 g/mol. The molecule has 14 heavy (non-hydrogen) atoms. The molecule has 0 atom stereocenters. The van der Waals surface area contributed by atoms with Gasteiger partial charge in [0.15, 0.2) is 12.0 Å². The third-order valence-corrected chi connectivity index (χ3v) is 1.91. The summed E-state index contributed by atoms with van der Waals surface area (Å²) in [6, 6.07) is 6.24. The minimum atomic E-state index is -1.07. The lowest BCUT2D eigenvalue weighted by Gasteiger charge is -1.93. The summed E-state index contributed by atoms with van der Waals surface area (Å²) < 4.78 is 5.06. The fourth-order valence-corrected chi connectivity index (χ4v) is 1.31. The number of aromatic carboxylic acids is 1. The van der Waals surface area contributed by atoms with Crippen molar-refractivity contribution in [2.45, 2.75) is 0 Å². The van der Waals surface area contributed by atoms with Gasteiger partial charge >= 0.3 is 5.97 Å². The fraction of sp³-hybridized carbons (Fsp3) is 0. The predicted molar refractivity (Wildman–Crippen MR) is 48.6 cm³/mol. The topological polar surface area (TPSA) is 67.5 Å². The van der Waals surface area contributed by atoms with E-state index >= 15 is 0 Å². The molecule has 0 aliphatic heterocycles. The number of hydrogen-bond donors (Lipinski definition) is 1. The molecule has 4 heteroatoms. The van der Waals surface area contributed by atoms with Crippen molar-refractivity contribution in [3.05, 3.63) is 35.6 Å². The summed E-state index contributed by atoms with van der Waals surface area (Å²) in [5, 5.41) is 9.43. The van der Waals surface area contributed by atoms with E-state index in [2.05, 4.69) is 0 Å². The first-order chi connectivity index (χ1) is 6.72. The van der Waals surface area contributed by atoms with Crippen molar-refractivity contribution < 1.29 is 19.1 Å². The molecule has 1 aromatic carbocycles. The fourth-order valence-electron chi connectivity index (χ4n) is 1.31. The number of furan rings is 1. The molecule has 0 spiro atoms. The Morgan fingerprint density at radius 2 is 2.21 bits per heavy atom. The molecule has 0 bridgehead atoms. The Labute approximate surface area is 78.8 Å². The van der Waals surface area contributed by atoms with Crippen molar-refractivity contribution >= 4 is 23.2 Å². The molecule has 0 amide bonds. The van der Waals surface area contributed by atoms with Gasteiger partial charge in [0, 0.05) is 5.39 Å². The molecular weight excluding hydrogens is 184 g/mol. The van der Waals surface area contributed by atoms with Crippen LogP contribution in [0, 0.1) is 0 Å². The summed E-state index contributed by atoms with van der Waals surface area (Å²) >= 11 is 0. The molecule has 70 valence electrons. The van der Waals surface area contributed by atoms with Gasteiger partial charge in [0.2, 0.25) is 0 Å². The standard InChI is InChI=1S/C10H6O4/c11-5-7-4-6-2-1-3-8(10(12)13)9(6)14-7/h1-5H,(H,12,13). The Bertz CT molecular complexity index is 510. The van der Waals surface area contributed by atoms with E-state index in [0.29, 0.717) is 11.7 Å². The number of rotatable bonds is 2. The van der Waals surface area contributed by atoms with Gasteiger partial charge in [0.1, 0.15) is 11.1 Å². The van der Waals surface area contributed by atoms with E-state index in [1.54, 1.807) is 12.1 Å². The highest BCUT2D eigenvalue weighted by Crippen LogP contribution is 2.22. The van der Waals surface area contributed by atoms with Gasteiger partial charge in [0.05, 0.1) is 0 Å². The van der Waals surface area contributed by atoms with Gasteiger partial charge in [-0.05, 0) is 12.1 Å². The van der Waals surface area contributed by atoms with Gasteiger partial charge in [-0.25, -0.2) is 4.79 Å². The summed E-state index contributed by atoms with van der Waals surface area (Å²) in [6.07, 6.45) is 0.547. The molecule has 0 aliphatic rings. The first-order valence-corrected chi connectivity index (χ1v) is 3.93. The van der Waals surface area contributed by atoms with Crippen LogP contribution in [0.3, 0.4) is 0 Å². The minimum Gasteiger partial charge on any atom is -0.478 e. The number of carbonyl (C=O) groups is 2. The second-order valence-corrected chi connectivity index (χ2v) is 2.80. The Morgan fingerprint density at radius 1 is 1.43 bits per heavy atom. The van der Waals surface area contributed by atoms with Gasteiger partial charge in [-0.2, -0.15) is 0 Å². The Kier molecular flexibility index (Phi) is 1.81. The number of fused-ring (bicyclic) bond motifs is 1. The second kappa shape index (κ2) is 2.99. The third-order valence-electron chi connectivity index (χ3n) is 1.91. The zero-order valence-corrected chi connectivity index (χ0v) is 7.06. The quantitative estimate of drug-likeness (QED) is 0.735. The molecule has 0 unspecified atom stereocenters. The molecule has 1 aromatic heterocycles. The normalized spacial score (nSPS) is 10.3. The summed E-state index contributed by atoms with van der Waals surface area (Å²) in [4.78, 5) is 21.2. The van der Waals surface area contributed by atoms with Crippen LogP contribution in [0.1, 0.15) is 20.9 Å². The summed E-state index contributed by atoms with van der Waals surface area (Å²) in [5.41, 5.74) is 0.303.